The highest BCUT2D eigenvalue weighted by atomic mass is 79.9. The molecule has 2 aromatic rings. The Morgan fingerprint density at radius 2 is 2.04 bits per heavy atom. The van der Waals surface area contributed by atoms with Crippen molar-refractivity contribution in [3.05, 3.63) is 57.3 Å². The molecule has 0 unspecified atom stereocenters. The van der Waals surface area contributed by atoms with Gasteiger partial charge in [0.05, 0.1) is 17.1 Å². The van der Waals surface area contributed by atoms with E-state index in [0.29, 0.717) is 27.8 Å². The van der Waals surface area contributed by atoms with Crippen molar-refractivity contribution in [1.29, 1.82) is 0 Å². The Hall–Kier alpha value is -1.59. The number of nitrogens with zero attached hydrogens (tertiary/aromatic N) is 2. The average Bonchev–Trinajstić information content (AvgIpc) is 3.40. The number of halogens is 2. The van der Waals surface area contributed by atoms with Gasteiger partial charge in [-0.3, -0.25) is 4.79 Å². The number of benzene rings is 1. The average molecular weight is 396 g/mol. The van der Waals surface area contributed by atoms with Gasteiger partial charge in [-0.15, -0.1) is 0 Å². The van der Waals surface area contributed by atoms with E-state index in [9.17, 15) is 4.79 Å². The fourth-order valence-electron chi connectivity index (χ4n) is 2.42. The molecule has 1 aromatic heterocycles. The van der Waals surface area contributed by atoms with Crippen molar-refractivity contribution >= 4 is 33.4 Å². The number of pyridine rings is 1. The van der Waals surface area contributed by atoms with Crippen molar-refractivity contribution in [3.8, 4) is 5.75 Å². The Balaban J connectivity index is 1.83. The summed E-state index contributed by atoms with van der Waals surface area (Å²) >= 11 is 9.37. The minimum Gasteiger partial charge on any atom is -0.497 e. The first-order chi connectivity index (χ1) is 11.1. The van der Waals surface area contributed by atoms with E-state index < -0.39 is 0 Å². The number of ether oxygens (including phenoxy) is 1. The summed E-state index contributed by atoms with van der Waals surface area (Å²) in [5, 5.41) is 0.302. The highest BCUT2D eigenvalue weighted by Gasteiger charge is 2.34. The van der Waals surface area contributed by atoms with Crippen LogP contribution in [0.3, 0.4) is 0 Å². The van der Waals surface area contributed by atoms with E-state index in [1.807, 2.05) is 29.2 Å². The Labute approximate surface area is 148 Å². The van der Waals surface area contributed by atoms with Gasteiger partial charge < -0.3 is 9.64 Å². The van der Waals surface area contributed by atoms with Crippen LogP contribution in [0.4, 0.5) is 0 Å². The van der Waals surface area contributed by atoms with Crippen molar-refractivity contribution in [2.45, 2.75) is 25.4 Å². The van der Waals surface area contributed by atoms with Crippen molar-refractivity contribution in [2.75, 3.05) is 7.11 Å². The second-order valence-corrected chi connectivity index (χ2v) is 6.63. The van der Waals surface area contributed by atoms with Crippen LogP contribution in [-0.2, 0) is 6.54 Å². The standard InChI is InChI=1S/C17H16BrClN2O2/c1-23-13-6-2-11(3-7-13)10-21(12-4-5-12)17(22)14-8-9-20-16(19)15(14)18/h2-3,6-9,12H,4-5,10H2,1H3. The molecule has 3 rings (SSSR count). The number of hydrogen-bond acceptors (Lipinski definition) is 3. The van der Waals surface area contributed by atoms with Crippen LogP contribution in [0.25, 0.3) is 0 Å². The predicted octanol–water partition coefficient (Wildman–Crippen LogP) is 4.31. The van der Waals surface area contributed by atoms with Gasteiger partial charge in [0.2, 0.25) is 0 Å². The lowest BCUT2D eigenvalue weighted by molar-refractivity contribution is 0.0729. The third-order valence-electron chi connectivity index (χ3n) is 3.84. The van der Waals surface area contributed by atoms with Gasteiger partial charge >= 0.3 is 0 Å². The lowest BCUT2D eigenvalue weighted by atomic mass is 10.1. The first kappa shape index (κ1) is 16.3. The Morgan fingerprint density at radius 3 is 2.65 bits per heavy atom. The summed E-state index contributed by atoms with van der Waals surface area (Å²) in [6, 6.07) is 9.77. The first-order valence-electron chi connectivity index (χ1n) is 7.34. The van der Waals surface area contributed by atoms with Crippen LogP contribution in [0.1, 0.15) is 28.8 Å². The quantitative estimate of drug-likeness (QED) is 0.708. The maximum atomic E-state index is 12.9. The molecule has 23 heavy (non-hydrogen) atoms. The van der Waals surface area contributed by atoms with Crippen LogP contribution in [0.2, 0.25) is 5.15 Å². The third kappa shape index (κ3) is 3.67. The number of methoxy groups -OCH3 is 1. The zero-order valence-electron chi connectivity index (χ0n) is 12.6. The summed E-state index contributed by atoms with van der Waals surface area (Å²) < 4.78 is 5.72. The molecular weight excluding hydrogens is 380 g/mol. The van der Waals surface area contributed by atoms with E-state index in [1.54, 1.807) is 19.4 Å². The van der Waals surface area contributed by atoms with Gasteiger partial charge in [0.1, 0.15) is 10.9 Å². The second-order valence-electron chi connectivity index (χ2n) is 5.48. The molecule has 1 saturated carbocycles. The summed E-state index contributed by atoms with van der Waals surface area (Å²) in [6.07, 6.45) is 3.63. The molecule has 0 saturated heterocycles. The summed E-state index contributed by atoms with van der Waals surface area (Å²) in [6.45, 7) is 0.569. The third-order valence-corrected chi connectivity index (χ3v) is 5.16. The van der Waals surface area contributed by atoms with Crippen molar-refractivity contribution in [2.24, 2.45) is 0 Å². The molecule has 120 valence electrons. The van der Waals surface area contributed by atoms with Gasteiger partial charge in [-0.2, -0.15) is 0 Å². The van der Waals surface area contributed by atoms with E-state index >= 15 is 0 Å². The van der Waals surface area contributed by atoms with Gasteiger partial charge in [0.25, 0.3) is 5.91 Å². The van der Waals surface area contributed by atoms with Gasteiger partial charge in [-0.1, -0.05) is 23.7 Å². The maximum Gasteiger partial charge on any atom is 0.255 e. The molecule has 1 heterocycles. The molecular formula is C17H16BrClN2O2. The lowest BCUT2D eigenvalue weighted by Crippen LogP contribution is -2.32. The minimum atomic E-state index is -0.0282. The molecule has 0 radical (unpaired) electrons. The van der Waals surface area contributed by atoms with Gasteiger partial charge in [0, 0.05) is 18.8 Å². The molecule has 0 aliphatic heterocycles. The molecule has 0 atom stereocenters. The molecule has 1 fully saturated rings. The largest absolute Gasteiger partial charge is 0.497 e. The van der Waals surface area contributed by atoms with E-state index in [-0.39, 0.29) is 5.91 Å². The molecule has 1 aliphatic rings. The van der Waals surface area contributed by atoms with Gasteiger partial charge in [-0.05, 0) is 52.5 Å². The minimum absolute atomic E-state index is 0.0282. The fraction of sp³-hybridized carbons (Fsp3) is 0.294. The lowest BCUT2D eigenvalue weighted by Gasteiger charge is -2.23. The number of rotatable bonds is 5. The van der Waals surface area contributed by atoms with Crippen LogP contribution in [0, 0.1) is 0 Å². The highest BCUT2D eigenvalue weighted by molar-refractivity contribution is 9.10. The van der Waals surface area contributed by atoms with Crippen LogP contribution in [0.5, 0.6) is 5.75 Å². The van der Waals surface area contributed by atoms with Crippen molar-refractivity contribution in [1.82, 2.24) is 9.88 Å². The molecule has 1 aromatic carbocycles. The monoisotopic (exact) mass is 394 g/mol. The fourth-order valence-corrected chi connectivity index (χ4v) is 2.98. The van der Waals surface area contributed by atoms with Crippen LogP contribution >= 0.6 is 27.5 Å². The molecule has 0 N–H and O–H groups in total. The summed E-state index contributed by atoms with van der Waals surface area (Å²) in [7, 11) is 1.64. The van der Waals surface area contributed by atoms with Gasteiger partial charge in [-0.25, -0.2) is 4.98 Å². The zero-order chi connectivity index (χ0) is 16.4. The van der Waals surface area contributed by atoms with Crippen molar-refractivity contribution < 1.29 is 9.53 Å². The summed E-state index contributed by atoms with van der Waals surface area (Å²) in [4.78, 5) is 18.8. The zero-order valence-corrected chi connectivity index (χ0v) is 15.0. The number of carbonyl (C=O) groups excluding carboxylic acids is 1. The van der Waals surface area contributed by atoms with Crippen LogP contribution in [0.15, 0.2) is 41.0 Å². The molecule has 4 nitrogen and oxygen atoms in total. The highest BCUT2D eigenvalue weighted by Crippen LogP contribution is 2.32. The number of hydrogen-bond donors (Lipinski definition) is 0. The smallest absolute Gasteiger partial charge is 0.255 e. The Kier molecular flexibility index (Phi) is 4.87. The number of amides is 1. The number of carbonyl (C=O) groups is 1. The SMILES string of the molecule is COc1ccc(CN(C(=O)c2ccnc(Cl)c2Br)C2CC2)cc1. The summed E-state index contributed by atoms with van der Waals surface area (Å²) in [5.41, 5.74) is 1.62. The molecule has 6 heteroatoms. The second kappa shape index (κ2) is 6.89. The number of aromatic nitrogens is 1. The molecule has 1 amide bonds. The Morgan fingerprint density at radius 1 is 1.35 bits per heavy atom. The molecule has 0 bridgehead atoms. The predicted molar refractivity (Wildman–Crippen MR) is 92.8 cm³/mol. The molecule has 1 aliphatic carbocycles. The Bertz CT molecular complexity index is 717. The summed E-state index contributed by atoms with van der Waals surface area (Å²) in [5.74, 6) is 0.779. The van der Waals surface area contributed by atoms with Gasteiger partial charge in [0.15, 0.2) is 0 Å². The van der Waals surface area contributed by atoms with E-state index in [0.717, 1.165) is 24.2 Å². The normalized spacial score (nSPS) is 13.7. The van der Waals surface area contributed by atoms with E-state index in [2.05, 4.69) is 20.9 Å². The topological polar surface area (TPSA) is 42.4 Å². The first-order valence-corrected chi connectivity index (χ1v) is 8.51. The maximum absolute atomic E-state index is 12.9. The molecule has 0 spiro atoms. The van der Waals surface area contributed by atoms with Crippen LogP contribution < -0.4 is 4.74 Å². The van der Waals surface area contributed by atoms with Crippen LogP contribution in [-0.4, -0.2) is 28.9 Å². The van der Waals surface area contributed by atoms with Crippen molar-refractivity contribution in [3.63, 3.8) is 0 Å². The van der Waals surface area contributed by atoms with E-state index in [1.165, 1.54) is 0 Å². The van der Waals surface area contributed by atoms with E-state index in [4.69, 9.17) is 16.3 Å².